The summed E-state index contributed by atoms with van der Waals surface area (Å²) in [6.45, 7) is 6.14. The van der Waals surface area contributed by atoms with Gasteiger partial charge in [-0.2, -0.15) is 0 Å². The van der Waals surface area contributed by atoms with E-state index in [4.69, 9.17) is 5.73 Å². The van der Waals surface area contributed by atoms with Crippen LogP contribution in [0.15, 0.2) is 12.5 Å². The van der Waals surface area contributed by atoms with E-state index in [0.29, 0.717) is 6.54 Å². The van der Waals surface area contributed by atoms with Crippen molar-refractivity contribution in [2.75, 3.05) is 0 Å². The Labute approximate surface area is 92.7 Å². The maximum Gasteiger partial charge on any atom is 0.0950 e. The van der Waals surface area contributed by atoms with E-state index in [-0.39, 0.29) is 0 Å². The van der Waals surface area contributed by atoms with Crippen molar-refractivity contribution in [3.05, 3.63) is 18.2 Å². The molecular formula is C12H23N3. The molecule has 0 aromatic carbocycles. The maximum atomic E-state index is 5.53. The molecule has 0 aliphatic carbocycles. The number of imidazole rings is 1. The second kappa shape index (κ2) is 6.62. The second-order valence-electron chi connectivity index (χ2n) is 4.18. The summed E-state index contributed by atoms with van der Waals surface area (Å²) in [5, 5.41) is 0. The number of nitrogens with zero attached hydrogens (tertiary/aromatic N) is 2. The highest BCUT2D eigenvalue weighted by atomic mass is 15.0. The van der Waals surface area contributed by atoms with Crippen molar-refractivity contribution in [1.82, 2.24) is 9.55 Å². The van der Waals surface area contributed by atoms with Gasteiger partial charge in [0.15, 0.2) is 0 Å². The number of hydrogen-bond acceptors (Lipinski definition) is 2. The SMILES string of the molecule is CCCCC(CC)Cn1cnc(CN)c1. The first kappa shape index (κ1) is 12.2. The Hall–Kier alpha value is -0.830. The van der Waals surface area contributed by atoms with Gasteiger partial charge >= 0.3 is 0 Å². The molecule has 2 N–H and O–H groups in total. The molecule has 0 bridgehead atoms. The van der Waals surface area contributed by atoms with E-state index in [1.54, 1.807) is 0 Å². The third-order valence-corrected chi connectivity index (χ3v) is 2.91. The van der Waals surface area contributed by atoms with Crippen molar-refractivity contribution >= 4 is 0 Å². The van der Waals surface area contributed by atoms with Crippen LogP contribution in [0.5, 0.6) is 0 Å². The average molecular weight is 209 g/mol. The fraction of sp³-hybridized carbons (Fsp3) is 0.750. The first-order chi connectivity index (χ1) is 7.30. The molecule has 1 aromatic rings. The van der Waals surface area contributed by atoms with Gasteiger partial charge in [-0.25, -0.2) is 4.98 Å². The minimum Gasteiger partial charge on any atom is -0.337 e. The summed E-state index contributed by atoms with van der Waals surface area (Å²) in [5.74, 6) is 0.782. The standard InChI is InChI=1S/C12H23N3/c1-3-5-6-11(4-2)8-15-9-12(7-13)14-10-15/h9-11H,3-8,13H2,1-2H3. The molecule has 86 valence electrons. The molecule has 1 heterocycles. The van der Waals surface area contributed by atoms with E-state index in [1.165, 1.54) is 25.7 Å². The van der Waals surface area contributed by atoms with Crippen molar-refractivity contribution in [2.24, 2.45) is 11.7 Å². The van der Waals surface area contributed by atoms with Crippen molar-refractivity contribution in [1.29, 1.82) is 0 Å². The molecule has 0 aliphatic heterocycles. The zero-order chi connectivity index (χ0) is 11.1. The van der Waals surface area contributed by atoms with Crippen LogP contribution >= 0.6 is 0 Å². The van der Waals surface area contributed by atoms with Gasteiger partial charge in [0.1, 0.15) is 0 Å². The molecule has 1 rings (SSSR count). The lowest BCUT2D eigenvalue weighted by molar-refractivity contribution is 0.390. The average Bonchev–Trinajstić information content (AvgIpc) is 2.71. The highest BCUT2D eigenvalue weighted by Gasteiger charge is 2.07. The lowest BCUT2D eigenvalue weighted by Gasteiger charge is -2.14. The van der Waals surface area contributed by atoms with Crippen LogP contribution in [0.2, 0.25) is 0 Å². The minimum absolute atomic E-state index is 0.540. The summed E-state index contributed by atoms with van der Waals surface area (Å²) >= 11 is 0. The Morgan fingerprint density at radius 3 is 2.80 bits per heavy atom. The molecule has 1 aromatic heterocycles. The van der Waals surface area contributed by atoms with Crippen molar-refractivity contribution < 1.29 is 0 Å². The van der Waals surface area contributed by atoms with Crippen LogP contribution in [0.3, 0.4) is 0 Å². The van der Waals surface area contributed by atoms with Gasteiger partial charge in [-0.3, -0.25) is 0 Å². The Morgan fingerprint density at radius 2 is 2.27 bits per heavy atom. The quantitative estimate of drug-likeness (QED) is 0.750. The largest absolute Gasteiger partial charge is 0.337 e. The van der Waals surface area contributed by atoms with Crippen LogP contribution in [0.1, 0.15) is 45.2 Å². The Bertz CT molecular complexity index is 268. The minimum atomic E-state index is 0.540. The zero-order valence-corrected chi connectivity index (χ0v) is 9.95. The van der Waals surface area contributed by atoms with E-state index in [1.807, 2.05) is 6.33 Å². The van der Waals surface area contributed by atoms with Gasteiger partial charge in [0.05, 0.1) is 12.0 Å². The van der Waals surface area contributed by atoms with Crippen LogP contribution in [-0.2, 0) is 13.1 Å². The summed E-state index contributed by atoms with van der Waals surface area (Å²) in [6.07, 6.45) is 9.15. The van der Waals surface area contributed by atoms with Crippen LogP contribution in [0.25, 0.3) is 0 Å². The first-order valence-corrected chi connectivity index (χ1v) is 6.00. The van der Waals surface area contributed by atoms with E-state index in [9.17, 15) is 0 Å². The molecule has 15 heavy (non-hydrogen) atoms. The van der Waals surface area contributed by atoms with Crippen molar-refractivity contribution in [3.8, 4) is 0 Å². The highest BCUT2D eigenvalue weighted by Crippen LogP contribution is 2.15. The van der Waals surface area contributed by atoms with Gasteiger partial charge in [-0.15, -0.1) is 0 Å². The number of rotatable bonds is 7. The third kappa shape index (κ3) is 4.04. The van der Waals surface area contributed by atoms with Gasteiger partial charge in [0, 0.05) is 19.3 Å². The molecule has 0 amide bonds. The van der Waals surface area contributed by atoms with Crippen LogP contribution in [-0.4, -0.2) is 9.55 Å². The molecule has 0 saturated heterocycles. The molecule has 3 nitrogen and oxygen atoms in total. The number of unbranched alkanes of at least 4 members (excludes halogenated alkanes) is 1. The van der Waals surface area contributed by atoms with Gasteiger partial charge < -0.3 is 10.3 Å². The zero-order valence-electron chi connectivity index (χ0n) is 9.95. The molecular weight excluding hydrogens is 186 g/mol. The molecule has 3 heteroatoms. The predicted octanol–water partition coefficient (Wildman–Crippen LogP) is 2.56. The normalized spacial score (nSPS) is 13.0. The van der Waals surface area contributed by atoms with Crippen molar-refractivity contribution in [2.45, 2.75) is 52.6 Å². The van der Waals surface area contributed by atoms with Gasteiger partial charge in [-0.1, -0.05) is 33.1 Å². The van der Waals surface area contributed by atoms with E-state index in [2.05, 4.69) is 29.6 Å². The van der Waals surface area contributed by atoms with Gasteiger partial charge in [0.2, 0.25) is 0 Å². The number of aromatic nitrogens is 2. The molecule has 0 spiro atoms. The highest BCUT2D eigenvalue weighted by molar-refractivity contribution is 4.95. The third-order valence-electron chi connectivity index (χ3n) is 2.91. The van der Waals surface area contributed by atoms with Crippen molar-refractivity contribution in [3.63, 3.8) is 0 Å². The molecule has 0 saturated carbocycles. The summed E-state index contributed by atoms with van der Waals surface area (Å²) < 4.78 is 2.17. The van der Waals surface area contributed by atoms with Gasteiger partial charge in [0.25, 0.3) is 0 Å². The van der Waals surface area contributed by atoms with E-state index < -0.39 is 0 Å². The fourth-order valence-electron chi connectivity index (χ4n) is 1.83. The van der Waals surface area contributed by atoms with E-state index >= 15 is 0 Å². The molecule has 1 atom stereocenters. The summed E-state index contributed by atoms with van der Waals surface area (Å²) in [7, 11) is 0. The number of hydrogen-bond donors (Lipinski definition) is 1. The predicted molar refractivity (Wildman–Crippen MR) is 63.4 cm³/mol. The lowest BCUT2D eigenvalue weighted by atomic mass is 9.99. The first-order valence-electron chi connectivity index (χ1n) is 6.00. The maximum absolute atomic E-state index is 5.53. The Kier molecular flexibility index (Phi) is 5.40. The Morgan fingerprint density at radius 1 is 1.47 bits per heavy atom. The lowest BCUT2D eigenvalue weighted by Crippen LogP contribution is -2.08. The summed E-state index contributed by atoms with van der Waals surface area (Å²) in [4.78, 5) is 4.24. The van der Waals surface area contributed by atoms with Crippen LogP contribution < -0.4 is 5.73 Å². The smallest absolute Gasteiger partial charge is 0.0950 e. The molecule has 1 unspecified atom stereocenters. The Balaban J connectivity index is 2.43. The van der Waals surface area contributed by atoms with E-state index in [0.717, 1.165) is 18.2 Å². The molecule has 0 fully saturated rings. The fourth-order valence-corrected chi connectivity index (χ4v) is 1.83. The topological polar surface area (TPSA) is 43.8 Å². The summed E-state index contributed by atoms with van der Waals surface area (Å²) in [5.41, 5.74) is 6.52. The van der Waals surface area contributed by atoms with Crippen LogP contribution in [0.4, 0.5) is 0 Å². The summed E-state index contributed by atoms with van der Waals surface area (Å²) in [6, 6.07) is 0. The second-order valence-corrected chi connectivity index (χ2v) is 4.18. The molecule has 0 aliphatic rings. The molecule has 0 radical (unpaired) electrons. The number of nitrogens with two attached hydrogens (primary N) is 1. The van der Waals surface area contributed by atoms with Gasteiger partial charge in [-0.05, 0) is 12.3 Å². The van der Waals surface area contributed by atoms with Crippen LogP contribution in [0, 0.1) is 5.92 Å². The monoisotopic (exact) mass is 209 g/mol.